The SMILES string of the molecule is C[C@H]1CCC2(CC(=O)N(CCc3ccccc3)O2)[C@H]2CN1C(=O)c1c(O)c(=O)c(C(=O)NCc3c(F)cc(F)cc3F)cn12. The van der Waals surface area contributed by atoms with Crippen LogP contribution in [0.5, 0.6) is 5.75 Å². The number of rotatable bonds is 6. The molecule has 2 bridgehead atoms. The lowest BCUT2D eigenvalue weighted by Crippen LogP contribution is -2.52. The van der Waals surface area contributed by atoms with Crippen molar-refractivity contribution >= 4 is 17.7 Å². The zero-order valence-corrected chi connectivity index (χ0v) is 23.7. The first-order valence-corrected chi connectivity index (χ1v) is 14.2. The molecular formula is C31H29F3N4O6. The van der Waals surface area contributed by atoms with Gasteiger partial charge in [-0.05, 0) is 31.7 Å². The fraction of sp³-hybridized carbons (Fsp3) is 0.355. The summed E-state index contributed by atoms with van der Waals surface area (Å²) in [4.78, 5) is 61.0. The number of fused-ring (bicyclic) bond motifs is 5. The molecule has 3 amide bonds. The van der Waals surface area contributed by atoms with E-state index in [0.717, 1.165) is 11.8 Å². The van der Waals surface area contributed by atoms with E-state index in [-0.39, 0.29) is 37.2 Å². The Hall–Kier alpha value is -4.65. The molecular weight excluding hydrogens is 581 g/mol. The van der Waals surface area contributed by atoms with E-state index in [2.05, 4.69) is 5.32 Å². The van der Waals surface area contributed by atoms with E-state index in [1.54, 1.807) is 0 Å². The summed E-state index contributed by atoms with van der Waals surface area (Å²) < 4.78 is 42.9. The summed E-state index contributed by atoms with van der Waals surface area (Å²) in [6.07, 6.45) is 2.47. The van der Waals surface area contributed by atoms with Crippen molar-refractivity contribution in [3.05, 3.63) is 98.7 Å². The van der Waals surface area contributed by atoms with E-state index < -0.39 is 69.8 Å². The molecule has 4 heterocycles. The number of carbonyl (C=O) groups is 3. The topological polar surface area (TPSA) is 121 Å². The van der Waals surface area contributed by atoms with Crippen molar-refractivity contribution in [1.29, 1.82) is 0 Å². The molecule has 2 fully saturated rings. The Morgan fingerprint density at radius 2 is 1.82 bits per heavy atom. The van der Waals surface area contributed by atoms with E-state index in [9.17, 15) is 37.5 Å². The summed E-state index contributed by atoms with van der Waals surface area (Å²) in [6.45, 7) is 1.48. The average molecular weight is 611 g/mol. The van der Waals surface area contributed by atoms with Crippen molar-refractivity contribution in [2.75, 3.05) is 13.1 Å². The molecule has 2 N–H and O–H groups in total. The van der Waals surface area contributed by atoms with Gasteiger partial charge in [0.1, 0.15) is 28.6 Å². The number of amides is 3. The third-order valence-corrected chi connectivity index (χ3v) is 8.75. The van der Waals surface area contributed by atoms with Gasteiger partial charge in [0.15, 0.2) is 11.4 Å². The van der Waals surface area contributed by atoms with Crippen LogP contribution in [0.15, 0.2) is 53.5 Å². The molecule has 6 rings (SSSR count). The van der Waals surface area contributed by atoms with Crippen LogP contribution in [0.2, 0.25) is 0 Å². The van der Waals surface area contributed by atoms with Crippen molar-refractivity contribution < 1.29 is 37.5 Å². The molecule has 1 unspecified atom stereocenters. The lowest BCUT2D eigenvalue weighted by molar-refractivity contribution is -0.213. The predicted octanol–water partition coefficient (Wildman–Crippen LogP) is 3.23. The molecule has 3 aromatic rings. The number of aromatic hydroxyl groups is 1. The predicted molar refractivity (Wildman–Crippen MR) is 149 cm³/mol. The first-order chi connectivity index (χ1) is 21.0. The molecule has 44 heavy (non-hydrogen) atoms. The summed E-state index contributed by atoms with van der Waals surface area (Å²) >= 11 is 0. The smallest absolute Gasteiger partial charge is 0.274 e. The van der Waals surface area contributed by atoms with Crippen LogP contribution in [-0.4, -0.2) is 62.1 Å². The Kier molecular flexibility index (Phi) is 7.44. The monoisotopic (exact) mass is 610 g/mol. The number of hydrogen-bond acceptors (Lipinski definition) is 6. The number of aromatic nitrogens is 1. The molecule has 1 aromatic heterocycles. The second-order valence-electron chi connectivity index (χ2n) is 11.4. The standard InChI is InChI=1S/C31H29F3N4O6/c1-17-7-9-31(13-25(39)38(44-31)10-8-18-5-3-2-4-6-18)24-16-36(17)30(43)26-28(41)27(40)21(15-37(24)26)29(42)35-14-20-22(33)11-19(32)12-23(20)34/h2-6,11-12,15,17,24,41H,7-10,13-14,16H2,1H3,(H,35,42)/t17-,24+,31?/m0/s1. The zero-order chi connectivity index (χ0) is 31.3. The third kappa shape index (κ3) is 5.00. The van der Waals surface area contributed by atoms with Crippen LogP contribution < -0.4 is 10.7 Å². The van der Waals surface area contributed by atoms with Crippen LogP contribution in [0.1, 0.15) is 64.2 Å². The number of pyridine rings is 1. The Morgan fingerprint density at radius 3 is 2.52 bits per heavy atom. The molecule has 3 atom stereocenters. The lowest BCUT2D eigenvalue weighted by atomic mass is 9.85. The largest absolute Gasteiger partial charge is 0.503 e. The van der Waals surface area contributed by atoms with E-state index in [1.807, 2.05) is 37.3 Å². The summed E-state index contributed by atoms with van der Waals surface area (Å²) in [5.74, 6) is -6.51. The van der Waals surface area contributed by atoms with Gasteiger partial charge in [0.25, 0.3) is 11.8 Å². The molecule has 3 aliphatic rings. The Morgan fingerprint density at radius 1 is 1.11 bits per heavy atom. The Labute approximate surface area is 249 Å². The minimum absolute atomic E-state index is 0.0296. The van der Waals surface area contributed by atoms with E-state index >= 15 is 0 Å². The van der Waals surface area contributed by atoms with Crippen LogP contribution in [-0.2, 0) is 22.6 Å². The van der Waals surface area contributed by atoms with Crippen LogP contribution in [0.4, 0.5) is 13.2 Å². The molecule has 10 nitrogen and oxygen atoms in total. The Bertz CT molecular complexity index is 1710. The van der Waals surface area contributed by atoms with Gasteiger partial charge in [-0.3, -0.25) is 24.0 Å². The van der Waals surface area contributed by atoms with Crippen molar-refractivity contribution in [3.63, 3.8) is 0 Å². The molecule has 0 radical (unpaired) electrons. The number of benzene rings is 2. The second kappa shape index (κ2) is 11.1. The lowest BCUT2D eigenvalue weighted by Gasteiger charge is -2.42. The molecule has 2 saturated heterocycles. The van der Waals surface area contributed by atoms with Gasteiger partial charge in [-0.15, -0.1) is 0 Å². The quantitative estimate of drug-likeness (QED) is 0.442. The van der Waals surface area contributed by atoms with Crippen LogP contribution in [0, 0.1) is 17.5 Å². The maximum absolute atomic E-state index is 14.1. The number of halogens is 3. The molecule has 1 spiro atoms. The van der Waals surface area contributed by atoms with Gasteiger partial charge >= 0.3 is 0 Å². The number of hydroxylamine groups is 2. The number of nitrogens with one attached hydrogen (secondary N) is 1. The molecule has 0 saturated carbocycles. The van der Waals surface area contributed by atoms with Gasteiger partial charge in [0.2, 0.25) is 11.3 Å². The number of nitrogens with zero attached hydrogens (tertiary/aromatic N) is 3. The highest BCUT2D eigenvalue weighted by Crippen LogP contribution is 2.47. The minimum Gasteiger partial charge on any atom is -0.503 e. The third-order valence-electron chi connectivity index (χ3n) is 8.75. The molecule has 2 aromatic carbocycles. The van der Waals surface area contributed by atoms with Gasteiger partial charge in [0.05, 0.1) is 19.0 Å². The fourth-order valence-electron chi connectivity index (χ4n) is 6.32. The summed E-state index contributed by atoms with van der Waals surface area (Å²) in [5, 5.41) is 14.5. The molecule has 0 aliphatic carbocycles. The summed E-state index contributed by atoms with van der Waals surface area (Å²) in [5.41, 5.74) is -2.85. The van der Waals surface area contributed by atoms with Crippen molar-refractivity contribution in [2.24, 2.45) is 0 Å². The van der Waals surface area contributed by atoms with Crippen LogP contribution >= 0.6 is 0 Å². The van der Waals surface area contributed by atoms with E-state index in [1.165, 1.54) is 14.5 Å². The molecule has 13 heteroatoms. The Balaban J connectivity index is 1.34. The number of carbonyl (C=O) groups excluding carboxylic acids is 3. The minimum atomic E-state index is -1.23. The maximum atomic E-state index is 14.1. The highest BCUT2D eigenvalue weighted by Gasteiger charge is 2.56. The average Bonchev–Trinajstić information content (AvgIpc) is 3.25. The summed E-state index contributed by atoms with van der Waals surface area (Å²) in [7, 11) is 0. The van der Waals surface area contributed by atoms with Crippen molar-refractivity contribution in [3.8, 4) is 5.75 Å². The van der Waals surface area contributed by atoms with Crippen molar-refractivity contribution in [2.45, 2.75) is 56.8 Å². The van der Waals surface area contributed by atoms with Crippen LogP contribution in [0.3, 0.4) is 0 Å². The molecule has 3 aliphatic heterocycles. The zero-order valence-electron chi connectivity index (χ0n) is 23.7. The van der Waals surface area contributed by atoms with Gasteiger partial charge in [0, 0.05) is 43.0 Å². The van der Waals surface area contributed by atoms with Gasteiger partial charge < -0.3 is 19.9 Å². The highest BCUT2D eigenvalue weighted by atomic mass is 19.1. The van der Waals surface area contributed by atoms with E-state index in [0.29, 0.717) is 31.4 Å². The normalized spacial score (nSPS) is 22.7. The van der Waals surface area contributed by atoms with Crippen LogP contribution in [0.25, 0.3) is 0 Å². The second-order valence-corrected chi connectivity index (χ2v) is 11.4. The van der Waals surface area contributed by atoms with E-state index in [4.69, 9.17) is 4.84 Å². The number of hydrogen-bond donors (Lipinski definition) is 2. The van der Waals surface area contributed by atoms with Gasteiger partial charge in [-0.25, -0.2) is 18.2 Å². The first-order valence-electron chi connectivity index (χ1n) is 14.2. The summed E-state index contributed by atoms with van der Waals surface area (Å²) in [6, 6.07) is 9.42. The fourth-order valence-corrected chi connectivity index (χ4v) is 6.32. The van der Waals surface area contributed by atoms with Gasteiger partial charge in [-0.1, -0.05) is 30.3 Å². The van der Waals surface area contributed by atoms with Crippen molar-refractivity contribution in [1.82, 2.24) is 19.8 Å². The first kappa shape index (κ1) is 29.4. The maximum Gasteiger partial charge on any atom is 0.274 e. The molecule has 230 valence electrons. The van der Waals surface area contributed by atoms with Gasteiger partial charge in [-0.2, -0.15) is 0 Å². The highest BCUT2D eigenvalue weighted by molar-refractivity contribution is 5.99.